The van der Waals surface area contributed by atoms with Crippen molar-refractivity contribution in [2.24, 2.45) is 0 Å². The van der Waals surface area contributed by atoms with E-state index in [-0.39, 0.29) is 16.6 Å². The number of nitro groups is 1. The highest BCUT2D eigenvalue weighted by Crippen LogP contribution is 2.27. The number of rotatable bonds is 5. The van der Waals surface area contributed by atoms with Crippen LogP contribution in [-0.4, -0.2) is 48.7 Å². The fraction of sp³-hybridized carbons (Fsp3) is 0.333. The fourth-order valence-corrected chi connectivity index (χ4v) is 4.94. The van der Waals surface area contributed by atoms with Gasteiger partial charge in [0, 0.05) is 49.4 Å². The number of non-ortho nitro benzene ring substituents is 1. The van der Waals surface area contributed by atoms with E-state index in [9.17, 15) is 18.5 Å². The molecule has 0 bridgehead atoms. The van der Waals surface area contributed by atoms with E-state index >= 15 is 0 Å². The summed E-state index contributed by atoms with van der Waals surface area (Å²) in [6.07, 6.45) is 0. The van der Waals surface area contributed by atoms with Crippen molar-refractivity contribution in [1.82, 2.24) is 9.21 Å². The number of hydrogen-bond acceptors (Lipinski definition) is 5. The van der Waals surface area contributed by atoms with Crippen LogP contribution >= 0.6 is 11.6 Å². The molecule has 0 radical (unpaired) electrons. The van der Waals surface area contributed by atoms with Crippen LogP contribution in [0.1, 0.15) is 18.5 Å². The normalized spacial score (nSPS) is 17.6. The smallest absolute Gasteiger partial charge is 0.269 e. The summed E-state index contributed by atoms with van der Waals surface area (Å²) in [4.78, 5) is 12.9. The molecular weight excluding hydrogens is 390 g/mol. The zero-order valence-electron chi connectivity index (χ0n) is 14.8. The van der Waals surface area contributed by atoms with Crippen LogP contribution in [0.4, 0.5) is 5.69 Å². The molecule has 1 saturated heterocycles. The molecule has 0 aliphatic carbocycles. The van der Waals surface area contributed by atoms with E-state index in [1.165, 1.54) is 16.4 Å². The summed E-state index contributed by atoms with van der Waals surface area (Å²) in [5, 5.41) is 11.4. The van der Waals surface area contributed by atoms with Crippen molar-refractivity contribution in [3.8, 4) is 0 Å². The Morgan fingerprint density at radius 3 is 2.37 bits per heavy atom. The zero-order chi connectivity index (χ0) is 19.6. The maximum absolute atomic E-state index is 12.8. The topological polar surface area (TPSA) is 83.8 Å². The number of piperazine rings is 1. The Hall–Kier alpha value is -2.00. The summed E-state index contributed by atoms with van der Waals surface area (Å²) in [6.45, 7) is 3.77. The lowest BCUT2D eigenvalue weighted by Crippen LogP contribution is -2.49. The first-order chi connectivity index (χ1) is 12.8. The first kappa shape index (κ1) is 19.8. The summed E-state index contributed by atoms with van der Waals surface area (Å²) in [6, 6.07) is 12.8. The van der Waals surface area contributed by atoms with Crippen molar-refractivity contribution in [3.63, 3.8) is 0 Å². The molecule has 144 valence electrons. The first-order valence-corrected chi connectivity index (χ1v) is 10.3. The van der Waals surface area contributed by atoms with Gasteiger partial charge in [-0.05, 0) is 30.7 Å². The van der Waals surface area contributed by atoms with Gasteiger partial charge in [0.05, 0.1) is 9.82 Å². The molecule has 1 fully saturated rings. The van der Waals surface area contributed by atoms with Gasteiger partial charge in [0.25, 0.3) is 5.69 Å². The molecule has 0 N–H and O–H groups in total. The summed E-state index contributed by atoms with van der Waals surface area (Å²) >= 11 is 5.92. The number of hydrogen-bond donors (Lipinski definition) is 0. The van der Waals surface area contributed by atoms with Gasteiger partial charge in [-0.15, -0.1) is 0 Å². The van der Waals surface area contributed by atoms with Gasteiger partial charge in [-0.1, -0.05) is 29.8 Å². The Morgan fingerprint density at radius 2 is 1.74 bits per heavy atom. The molecule has 1 heterocycles. The molecule has 9 heteroatoms. The van der Waals surface area contributed by atoms with E-state index in [0.717, 1.165) is 5.56 Å². The largest absolute Gasteiger partial charge is 0.294 e. The Labute approximate surface area is 163 Å². The number of sulfonamides is 1. The average Bonchev–Trinajstić information content (AvgIpc) is 2.67. The third-order valence-corrected chi connectivity index (χ3v) is 6.95. The second-order valence-electron chi connectivity index (χ2n) is 6.43. The highest BCUT2D eigenvalue weighted by molar-refractivity contribution is 7.89. The predicted molar refractivity (Wildman–Crippen MR) is 103 cm³/mol. The molecule has 0 unspecified atom stereocenters. The highest BCUT2D eigenvalue weighted by Gasteiger charge is 2.30. The molecule has 0 saturated carbocycles. The maximum Gasteiger partial charge on any atom is 0.269 e. The molecule has 2 aromatic carbocycles. The Balaban J connectivity index is 1.70. The monoisotopic (exact) mass is 409 g/mol. The highest BCUT2D eigenvalue weighted by atomic mass is 35.5. The van der Waals surface area contributed by atoms with Gasteiger partial charge < -0.3 is 0 Å². The number of nitrogens with zero attached hydrogens (tertiary/aromatic N) is 3. The third-order valence-electron chi connectivity index (χ3n) is 4.82. The molecule has 0 spiro atoms. The van der Waals surface area contributed by atoms with Gasteiger partial charge in [0.2, 0.25) is 10.0 Å². The minimum atomic E-state index is -3.58. The lowest BCUT2D eigenvalue weighted by molar-refractivity contribution is -0.385. The predicted octanol–water partition coefficient (Wildman–Crippen LogP) is 3.32. The van der Waals surface area contributed by atoms with Gasteiger partial charge in [-0.25, -0.2) is 8.42 Å². The summed E-state index contributed by atoms with van der Waals surface area (Å²) in [5.41, 5.74) is 0.900. The van der Waals surface area contributed by atoms with E-state index in [1.807, 2.05) is 13.0 Å². The lowest BCUT2D eigenvalue weighted by Gasteiger charge is -2.37. The van der Waals surface area contributed by atoms with Crippen molar-refractivity contribution in [2.75, 3.05) is 26.2 Å². The molecule has 3 rings (SSSR count). The molecule has 2 aromatic rings. The molecular formula is C18H20ClN3O4S. The van der Waals surface area contributed by atoms with Gasteiger partial charge in [-0.2, -0.15) is 4.31 Å². The summed E-state index contributed by atoms with van der Waals surface area (Å²) in [7, 11) is -3.58. The molecule has 0 amide bonds. The van der Waals surface area contributed by atoms with E-state index in [2.05, 4.69) is 4.90 Å². The Morgan fingerprint density at radius 1 is 1.07 bits per heavy atom. The minimum absolute atomic E-state index is 0.0408. The van der Waals surface area contributed by atoms with E-state index < -0.39 is 14.9 Å². The Bertz CT molecular complexity index is 943. The van der Waals surface area contributed by atoms with E-state index in [4.69, 9.17) is 11.6 Å². The van der Waals surface area contributed by atoms with Crippen LogP contribution in [0.25, 0.3) is 0 Å². The van der Waals surface area contributed by atoms with Gasteiger partial charge >= 0.3 is 0 Å². The fourth-order valence-electron chi connectivity index (χ4n) is 3.22. The minimum Gasteiger partial charge on any atom is -0.294 e. The molecule has 1 aliphatic rings. The molecule has 7 nitrogen and oxygen atoms in total. The van der Waals surface area contributed by atoms with Gasteiger partial charge in [0.15, 0.2) is 0 Å². The number of nitro benzene ring substituents is 1. The van der Waals surface area contributed by atoms with Crippen LogP contribution in [-0.2, 0) is 10.0 Å². The van der Waals surface area contributed by atoms with Crippen LogP contribution in [0.15, 0.2) is 53.4 Å². The van der Waals surface area contributed by atoms with Crippen molar-refractivity contribution >= 4 is 27.3 Å². The van der Waals surface area contributed by atoms with Crippen molar-refractivity contribution in [1.29, 1.82) is 0 Å². The maximum atomic E-state index is 12.8. The quantitative estimate of drug-likeness (QED) is 0.558. The zero-order valence-corrected chi connectivity index (χ0v) is 16.4. The molecule has 1 aliphatic heterocycles. The van der Waals surface area contributed by atoms with E-state index in [0.29, 0.717) is 31.2 Å². The second-order valence-corrected chi connectivity index (χ2v) is 8.80. The van der Waals surface area contributed by atoms with Crippen LogP contribution in [0.5, 0.6) is 0 Å². The van der Waals surface area contributed by atoms with Crippen LogP contribution in [0, 0.1) is 10.1 Å². The second kappa shape index (κ2) is 7.93. The van der Waals surface area contributed by atoms with Crippen molar-refractivity contribution in [3.05, 3.63) is 69.2 Å². The molecule has 27 heavy (non-hydrogen) atoms. The summed E-state index contributed by atoms with van der Waals surface area (Å²) < 4.78 is 27.0. The Kier molecular flexibility index (Phi) is 5.81. The van der Waals surface area contributed by atoms with Gasteiger partial charge in [-0.3, -0.25) is 15.0 Å². The number of benzene rings is 2. The SMILES string of the molecule is C[C@H](c1cccc([N+](=O)[O-])c1)N1CCN(S(=O)(=O)c2cccc(Cl)c2)CC1. The van der Waals surface area contributed by atoms with E-state index in [1.54, 1.807) is 30.3 Å². The van der Waals surface area contributed by atoms with Crippen LogP contribution in [0.2, 0.25) is 5.02 Å². The third kappa shape index (κ3) is 4.30. The van der Waals surface area contributed by atoms with Gasteiger partial charge in [0.1, 0.15) is 0 Å². The lowest BCUT2D eigenvalue weighted by atomic mass is 10.1. The first-order valence-electron chi connectivity index (χ1n) is 8.53. The molecule has 0 aromatic heterocycles. The van der Waals surface area contributed by atoms with Crippen molar-refractivity contribution in [2.45, 2.75) is 17.9 Å². The van der Waals surface area contributed by atoms with Crippen molar-refractivity contribution < 1.29 is 13.3 Å². The van der Waals surface area contributed by atoms with Crippen LogP contribution in [0.3, 0.4) is 0 Å². The van der Waals surface area contributed by atoms with Crippen LogP contribution < -0.4 is 0 Å². The molecule has 1 atom stereocenters. The number of halogens is 1. The average molecular weight is 410 g/mol. The standard InChI is InChI=1S/C18H20ClN3O4S/c1-14(15-4-2-6-17(12-15)22(23)24)20-8-10-21(11-9-20)27(25,26)18-7-3-5-16(19)13-18/h2-7,12-14H,8-11H2,1H3/t14-/m1/s1. The summed E-state index contributed by atoms with van der Waals surface area (Å²) in [5.74, 6) is 0.